The third-order valence-corrected chi connectivity index (χ3v) is 2.11. The molecule has 0 amide bonds. The highest BCUT2D eigenvalue weighted by Crippen LogP contribution is 2.11. The van der Waals surface area contributed by atoms with E-state index in [4.69, 9.17) is 5.26 Å². The van der Waals surface area contributed by atoms with E-state index in [1.54, 1.807) is 11.3 Å². The van der Waals surface area contributed by atoms with E-state index in [0.29, 0.717) is 6.42 Å². The highest BCUT2D eigenvalue weighted by molar-refractivity contribution is 7.08. The summed E-state index contributed by atoms with van der Waals surface area (Å²) in [6.45, 7) is 2.02. The average Bonchev–Trinajstić information content (AvgIpc) is 2.37. The van der Waals surface area contributed by atoms with Gasteiger partial charge in [0.25, 0.3) is 0 Å². The van der Waals surface area contributed by atoms with Gasteiger partial charge in [0.05, 0.1) is 12.5 Å². The van der Waals surface area contributed by atoms with E-state index in [0.717, 1.165) is 5.56 Å². The Balaban J connectivity index is 2.75. The predicted octanol–water partition coefficient (Wildman–Crippen LogP) is 2.32. The van der Waals surface area contributed by atoms with Crippen molar-refractivity contribution in [1.29, 1.82) is 5.26 Å². The fourth-order valence-corrected chi connectivity index (χ4v) is 1.45. The van der Waals surface area contributed by atoms with Crippen LogP contribution in [0.4, 0.5) is 0 Å². The molecule has 0 saturated heterocycles. The lowest BCUT2D eigenvalue weighted by Crippen LogP contribution is -1.70. The van der Waals surface area contributed by atoms with E-state index in [1.807, 2.05) is 18.4 Å². The van der Waals surface area contributed by atoms with Gasteiger partial charge in [0.2, 0.25) is 0 Å². The summed E-state index contributed by atoms with van der Waals surface area (Å²) in [6.07, 6.45) is 0.315. The van der Waals surface area contributed by atoms with Crippen molar-refractivity contribution in [2.75, 3.05) is 0 Å². The van der Waals surface area contributed by atoms with Crippen LogP contribution in [0.15, 0.2) is 10.8 Å². The Morgan fingerprint density at radius 1 is 1.55 bits per heavy atom. The Kier molecular flexibility index (Phi) is 2.72. The minimum atomic E-state index is 0.315. The van der Waals surface area contributed by atoms with Crippen LogP contribution in [0.5, 0.6) is 0 Å². The zero-order valence-corrected chi connectivity index (χ0v) is 7.03. The molecule has 1 aromatic rings. The monoisotopic (exact) mass is 161 g/mol. The number of hydrogen-bond acceptors (Lipinski definition) is 2. The molecule has 0 spiro atoms. The van der Waals surface area contributed by atoms with Crippen LogP contribution in [-0.4, -0.2) is 0 Å². The van der Waals surface area contributed by atoms with Crippen LogP contribution in [0.1, 0.15) is 17.5 Å². The van der Waals surface area contributed by atoms with Gasteiger partial charge < -0.3 is 0 Å². The normalized spacial score (nSPS) is 8.00. The third kappa shape index (κ3) is 2.11. The van der Waals surface area contributed by atoms with Crippen molar-refractivity contribution >= 4 is 11.3 Å². The molecule has 0 aliphatic rings. The van der Waals surface area contributed by atoms with Crippen molar-refractivity contribution < 1.29 is 0 Å². The fourth-order valence-electron chi connectivity index (χ4n) is 0.668. The summed E-state index contributed by atoms with van der Waals surface area (Å²) >= 11 is 1.64. The largest absolute Gasteiger partial charge is 0.197 e. The van der Waals surface area contributed by atoms with E-state index in [-0.39, 0.29) is 0 Å². The van der Waals surface area contributed by atoms with Crippen molar-refractivity contribution in [2.24, 2.45) is 0 Å². The molecule has 0 N–H and O–H groups in total. The van der Waals surface area contributed by atoms with E-state index < -0.39 is 0 Å². The minimum absolute atomic E-state index is 0.315. The number of rotatable bonds is 0. The summed E-state index contributed by atoms with van der Waals surface area (Å²) in [5.74, 6) is 5.71. The summed E-state index contributed by atoms with van der Waals surface area (Å²) in [5, 5.41) is 12.3. The van der Waals surface area contributed by atoms with Gasteiger partial charge in [-0.3, -0.25) is 0 Å². The number of nitrogens with zero attached hydrogens (tertiary/aromatic N) is 1. The topological polar surface area (TPSA) is 23.8 Å². The molecular weight excluding hydrogens is 154 g/mol. The molecule has 0 aliphatic heterocycles. The van der Waals surface area contributed by atoms with Crippen LogP contribution in [0.3, 0.4) is 0 Å². The molecular formula is C9H7NS. The van der Waals surface area contributed by atoms with Crippen molar-refractivity contribution in [3.05, 3.63) is 21.9 Å². The van der Waals surface area contributed by atoms with Gasteiger partial charge in [-0.2, -0.15) is 16.6 Å². The quantitative estimate of drug-likeness (QED) is 0.536. The molecule has 0 atom stereocenters. The molecule has 11 heavy (non-hydrogen) atoms. The molecule has 1 aromatic heterocycles. The SMILES string of the molecule is Cc1cscc1C#CCC#N. The summed E-state index contributed by atoms with van der Waals surface area (Å²) in [7, 11) is 0. The van der Waals surface area contributed by atoms with Crippen molar-refractivity contribution in [2.45, 2.75) is 13.3 Å². The maximum Gasteiger partial charge on any atom is 0.0966 e. The summed E-state index contributed by atoms with van der Waals surface area (Å²) in [4.78, 5) is 0. The van der Waals surface area contributed by atoms with E-state index in [1.165, 1.54) is 5.56 Å². The standard InChI is InChI=1S/C9H7NS/c1-8-6-11-7-9(8)4-2-3-5-10/h6-7H,3H2,1H3. The smallest absolute Gasteiger partial charge is 0.0966 e. The van der Waals surface area contributed by atoms with Crippen molar-refractivity contribution in [3.63, 3.8) is 0 Å². The number of thiophene rings is 1. The minimum Gasteiger partial charge on any atom is -0.197 e. The number of aryl methyl sites for hydroxylation is 1. The van der Waals surface area contributed by atoms with Crippen LogP contribution in [0.2, 0.25) is 0 Å². The molecule has 2 heteroatoms. The molecule has 0 saturated carbocycles. The molecule has 0 aliphatic carbocycles. The highest BCUT2D eigenvalue weighted by Gasteiger charge is 1.91. The Bertz CT molecular complexity index is 332. The zero-order chi connectivity index (χ0) is 8.10. The van der Waals surface area contributed by atoms with Crippen LogP contribution < -0.4 is 0 Å². The Morgan fingerprint density at radius 3 is 2.91 bits per heavy atom. The second kappa shape index (κ2) is 3.81. The zero-order valence-electron chi connectivity index (χ0n) is 6.22. The Hall–Kier alpha value is -1.25. The average molecular weight is 161 g/mol. The Morgan fingerprint density at radius 2 is 2.36 bits per heavy atom. The van der Waals surface area contributed by atoms with Crippen LogP contribution in [-0.2, 0) is 0 Å². The third-order valence-electron chi connectivity index (χ3n) is 1.25. The first-order valence-corrected chi connectivity index (χ1v) is 4.17. The summed E-state index contributed by atoms with van der Waals surface area (Å²) < 4.78 is 0. The molecule has 0 unspecified atom stereocenters. The van der Waals surface area contributed by atoms with Gasteiger partial charge in [-0.05, 0) is 17.9 Å². The van der Waals surface area contributed by atoms with Crippen LogP contribution >= 0.6 is 11.3 Å². The number of nitriles is 1. The molecule has 0 radical (unpaired) electrons. The van der Waals surface area contributed by atoms with Crippen LogP contribution in [0.25, 0.3) is 0 Å². The number of hydrogen-bond donors (Lipinski definition) is 0. The molecule has 0 aromatic carbocycles. The molecule has 1 nitrogen and oxygen atoms in total. The van der Waals surface area contributed by atoms with Gasteiger partial charge >= 0.3 is 0 Å². The first-order chi connectivity index (χ1) is 5.34. The first-order valence-electron chi connectivity index (χ1n) is 3.23. The highest BCUT2D eigenvalue weighted by atomic mass is 32.1. The second-order valence-electron chi connectivity index (χ2n) is 2.11. The predicted molar refractivity (Wildman–Crippen MR) is 46.2 cm³/mol. The van der Waals surface area contributed by atoms with E-state index >= 15 is 0 Å². The maximum absolute atomic E-state index is 8.21. The fraction of sp³-hybridized carbons (Fsp3) is 0.222. The van der Waals surface area contributed by atoms with E-state index in [2.05, 4.69) is 17.2 Å². The van der Waals surface area contributed by atoms with Gasteiger partial charge in [0.1, 0.15) is 0 Å². The van der Waals surface area contributed by atoms with Gasteiger partial charge in [-0.1, -0.05) is 11.8 Å². The molecule has 0 fully saturated rings. The molecule has 1 heterocycles. The lowest BCUT2D eigenvalue weighted by molar-refractivity contribution is 1.39. The van der Waals surface area contributed by atoms with Gasteiger partial charge in [-0.15, -0.1) is 0 Å². The van der Waals surface area contributed by atoms with Crippen molar-refractivity contribution in [3.8, 4) is 17.9 Å². The maximum atomic E-state index is 8.21. The van der Waals surface area contributed by atoms with Gasteiger partial charge in [-0.25, -0.2) is 0 Å². The molecule has 1 rings (SSSR count). The van der Waals surface area contributed by atoms with E-state index in [9.17, 15) is 0 Å². The summed E-state index contributed by atoms with van der Waals surface area (Å²) in [5.41, 5.74) is 2.24. The summed E-state index contributed by atoms with van der Waals surface area (Å²) in [6, 6.07) is 1.98. The van der Waals surface area contributed by atoms with Crippen LogP contribution in [0, 0.1) is 30.1 Å². The van der Waals surface area contributed by atoms with Gasteiger partial charge in [0.15, 0.2) is 0 Å². The second-order valence-corrected chi connectivity index (χ2v) is 2.85. The lowest BCUT2D eigenvalue weighted by atomic mass is 10.2. The van der Waals surface area contributed by atoms with Crippen molar-refractivity contribution in [1.82, 2.24) is 0 Å². The molecule has 0 bridgehead atoms. The first kappa shape index (κ1) is 7.85. The Labute approximate surface area is 70.3 Å². The molecule has 54 valence electrons. The lowest BCUT2D eigenvalue weighted by Gasteiger charge is -1.81. The van der Waals surface area contributed by atoms with Gasteiger partial charge in [0, 0.05) is 10.9 Å².